The molecule has 1 aromatic rings. The van der Waals surface area contributed by atoms with Crippen LogP contribution in [0.3, 0.4) is 0 Å². The predicted octanol–water partition coefficient (Wildman–Crippen LogP) is 2.42. The SMILES string of the molecule is CNC(=O)CCN(C)C(=O)c1ccc(Br)cc1Br. The first-order valence-corrected chi connectivity index (χ1v) is 6.95. The average molecular weight is 378 g/mol. The summed E-state index contributed by atoms with van der Waals surface area (Å²) in [6.45, 7) is 0.390. The normalized spacial score (nSPS) is 10.0. The summed E-state index contributed by atoms with van der Waals surface area (Å²) in [6.07, 6.45) is 0.298. The van der Waals surface area contributed by atoms with Gasteiger partial charge in [-0.15, -0.1) is 0 Å². The van der Waals surface area contributed by atoms with E-state index in [0.717, 1.165) is 8.95 Å². The molecular formula is C12H14Br2N2O2. The highest BCUT2D eigenvalue weighted by Gasteiger charge is 2.15. The van der Waals surface area contributed by atoms with Gasteiger partial charge in [0.05, 0.1) is 5.56 Å². The number of nitrogens with one attached hydrogen (secondary N) is 1. The molecule has 0 bridgehead atoms. The Morgan fingerprint density at radius 1 is 1.33 bits per heavy atom. The number of halogens is 2. The van der Waals surface area contributed by atoms with Gasteiger partial charge in [-0.05, 0) is 34.1 Å². The Morgan fingerprint density at radius 2 is 2.00 bits per heavy atom. The molecule has 0 saturated heterocycles. The number of rotatable bonds is 4. The van der Waals surface area contributed by atoms with E-state index < -0.39 is 0 Å². The van der Waals surface area contributed by atoms with Crippen LogP contribution >= 0.6 is 31.9 Å². The number of carbonyl (C=O) groups is 2. The van der Waals surface area contributed by atoms with E-state index in [0.29, 0.717) is 18.5 Å². The van der Waals surface area contributed by atoms with Gasteiger partial charge in [0.15, 0.2) is 0 Å². The molecule has 98 valence electrons. The first-order chi connectivity index (χ1) is 8.45. The smallest absolute Gasteiger partial charge is 0.254 e. The highest BCUT2D eigenvalue weighted by Crippen LogP contribution is 2.22. The summed E-state index contributed by atoms with van der Waals surface area (Å²) >= 11 is 6.69. The van der Waals surface area contributed by atoms with Crippen molar-refractivity contribution < 1.29 is 9.59 Å². The van der Waals surface area contributed by atoms with Crippen LogP contribution in [0.2, 0.25) is 0 Å². The summed E-state index contributed by atoms with van der Waals surface area (Å²) in [5.74, 6) is -0.192. The van der Waals surface area contributed by atoms with Crippen molar-refractivity contribution in [2.24, 2.45) is 0 Å². The summed E-state index contributed by atoms with van der Waals surface area (Å²) in [4.78, 5) is 24.8. The molecule has 0 aliphatic rings. The number of amides is 2. The van der Waals surface area contributed by atoms with Crippen molar-refractivity contribution in [1.82, 2.24) is 10.2 Å². The van der Waals surface area contributed by atoms with Gasteiger partial charge in [-0.25, -0.2) is 0 Å². The topological polar surface area (TPSA) is 49.4 Å². The second-order valence-electron chi connectivity index (χ2n) is 3.77. The number of carbonyl (C=O) groups excluding carboxylic acids is 2. The maximum atomic E-state index is 12.1. The zero-order valence-electron chi connectivity index (χ0n) is 10.2. The van der Waals surface area contributed by atoms with Crippen LogP contribution in [0.5, 0.6) is 0 Å². The quantitative estimate of drug-likeness (QED) is 0.875. The monoisotopic (exact) mass is 376 g/mol. The van der Waals surface area contributed by atoms with Gasteiger partial charge >= 0.3 is 0 Å². The molecule has 0 aliphatic heterocycles. The molecular weight excluding hydrogens is 364 g/mol. The van der Waals surface area contributed by atoms with Crippen LogP contribution in [-0.2, 0) is 4.79 Å². The van der Waals surface area contributed by atoms with E-state index in [1.165, 1.54) is 4.90 Å². The fourth-order valence-corrected chi connectivity index (χ4v) is 2.58. The fourth-order valence-electron chi connectivity index (χ4n) is 1.36. The first-order valence-electron chi connectivity index (χ1n) is 5.36. The van der Waals surface area contributed by atoms with Gasteiger partial charge < -0.3 is 10.2 Å². The molecule has 0 unspecified atom stereocenters. The Labute approximate surface area is 123 Å². The van der Waals surface area contributed by atoms with Crippen molar-refractivity contribution in [3.8, 4) is 0 Å². The average Bonchev–Trinajstić information content (AvgIpc) is 2.34. The molecule has 0 spiro atoms. The standard InChI is InChI=1S/C12H14Br2N2O2/c1-15-11(17)5-6-16(2)12(18)9-4-3-8(13)7-10(9)14/h3-4,7H,5-6H2,1-2H3,(H,15,17). The van der Waals surface area contributed by atoms with Crippen LogP contribution in [0.25, 0.3) is 0 Å². The molecule has 1 N–H and O–H groups in total. The minimum absolute atomic E-state index is 0.0791. The highest BCUT2D eigenvalue weighted by molar-refractivity contribution is 9.11. The second-order valence-corrected chi connectivity index (χ2v) is 5.54. The van der Waals surface area contributed by atoms with Crippen LogP contribution in [0.4, 0.5) is 0 Å². The number of hydrogen-bond donors (Lipinski definition) is 1. The Kier molecular flexibility index (Phi) is 5.81. The van der Waals surface area contributed by atoms with Gasteiger partial charge in [-0.1, -0.05) is 15.9 Å². The molecule has 0 fully saturated rings. The van der Waals surface area contributed by atoms with E-state index in [9.17, 15) is 9.59 Å². The van der Waals surface area contributed by atoms with Crippen LogP contribution in [-0.4, -0.2) is 37.4 Å². The zero-order valence-corrected chi connectivity index (χ0v) is 13.3. The summed E-state index contributed by atoms with van der Waals surface area (Å²) in [6, 6.07) is 5.37. The van der Waals surface area contributed by atoms with Gasteiger partial charge in [0.2, 0.25) is 5.91 Å². The Bertz CT molecular complexity index is 463. The van der Waals surface area contributed by atoms with E-state index >= 15 is 0 Å². The molecule has 0 aliphatic carbocycles. The van der Waals surface area contributed by atoms with Crippen molar-refractivity contribution in [2.75, 3.05) is 20.6 Å². The van der Waals surface area contributed by atoms with E-state index in [4.69, 9.17) is 0 Å². The largest absolute Gasteiger partial charge is 0.359 e. The molecule has 0 saturated carbocycles. The summed E-state index contributed by atoms with van der Waals surface area (Å²) < 4.78 is 1.63. The van der Waals surface area contributed by atoms with E-state index in [1.54, 1.807) is 20.2 Å². The molecule has 0 heterocycles. The van der Waals surface area contributed by atoms with Crippen LogP contribution in [0, 0.1) is 0 Å². The Hall–Kier alpha value is -0.880. The molecule has 1 rings (SSSR count). The summed E-state index contributed by atoms with van der Waals surface area (Å²) in [5, 5.41) is 2.53. The van der Waals surface area contributed by atoms with Crippen LogP contribution in [0.15, 0.2) is 27.1 Å². The lowest BCUT2D eigenvalue weighted by Gasteiger charge is -2.17. The third-order valence-corrected chi connectivity index (χ3v) is 3.61. The van der Waals surface area contributed by atoms with Gasteiger partial charge in [0.1, 0.15) is 0 Å². The van der Waals surface area contributed by atoms with E-state index in [-0.39, 0.29) is 11.8 Å². The third-order valence-electron chi connectivity index (χ3n) is 2.46. The Morgan fingerprint density at radius 3 is 2.56 bits per heavy atom. The van der Waals surface area contributed by atoms with Crippen molar-refractivity contribution in [3.63, 3.8) is 0 Å². The minimum Gasteiger partial charge on any atom is -0.359 e. The van der Waals surface area contributed by atoms with Gasteiger partial charge in [-0.3, -0.25) is 9.59 Å². The van der Waals surface area contributed by atoms with Gasteiger partial charge in [0.25, 0.3) is 5.91 Å². The fraction of sp³-hybridized carbons (Fsp3) is 0.333. The lowest BCUT2D eigenvalue weighted by atomic mass is 10.2. The number of hydrogen-bond acceptors (Lipinski definition) is 2. The molecule has 0 radical (unpaired) electrons. The molecule has 18 heavy (non-hydrogen) atoms. The van der Waals surface area contributed by atoms with Gasteiger partial charge in [0, 0.05) is 36.0 Å². The number of nitrogens with zero attached hydrogens (tertiary/aromatic N) is 1. The summed E-state index contributed by atoms with van der Waals surface area (Å²) in [5.41, 5.74) is 0.581. The predicted molar refractivity (Wildman–Crippen MR) is 77.5 cm³/mol. The molecule has 2 amide bonds. The molecule has 6 heteroatoms. The second kappa shape index (κ2) is 6.89. The maximum Gasteiger partial charge on any atom is 0.254 e. The van der Waals surface area contributed by atoms with E-state index in [1.807, 2.05) is 12.1 Å². The third kappa shape index (κ3) is 4.10. The first kappa shape index (κ1) is 15.2. The molecule has 0 atom stereocenters. The summed E-state index contributed by atoms with van der Waals surface area (Å²) in [7, 11) is 3.26. The zero-order chi connectivity index (χ0) is 13.7. The highest BCUT2D eigenvalue weighted by atomic mass is 79.9. The van der Waals surface area contributed by atoms with Crippen molar-refractivity contribution in [1.29, 1.82) is 0 Å². The maximum absolute atomic E-state index is 12.1. The minimum atomic E-state index is -0.113. The molecule has 1 aromatic carbocycles. The van der Waals surface area contributed by atoms with Crippen molar-refractivity contribution in [2.45, 2.75) is 6.42 Å². The van der Waals surface area contributed by atoms with Gasteiger partial charge in [-0.2, -0.15) is 0 Å². The molecule has 4 nitrogen and oxygen atoms in total. The molecule has 0 aromatic heterocycles. The lowest BCUT2D eigenvalue weighted by molar-refractivity contribution is -0.120. The van der Waals surface area contributed by atoms with Crippen LogP contribution < -0.4 is 5.32 Å². The Balaban J connectivity index is 2.71. The van der Waals surface area contributed by atoms with Crippen molar-refractivity contribution in [3.05, 3.63) is 32.7 Å². The van der Waals surface area contributed by atoms with Crippen molar-refractivity contribution >= 4 is 43.7 Å². The van der Waals surface area contributed by atoms with Crippen LogP contribution in [0.1, 0.15) is 16.8 Å². The number of benzene rings is 1. The van der Waals surface area contributed by atoms with E-state index in [2.05, 4.69) is 37.2 Å². The lowest BCUT2D eigenvalue weighted by Crippen LogP contribution is -2.31.